The van der Waals surface area contributed by atoms with Crippen molar-refractivity contribution in [2.45, 2.75) is 45.6 Å². The number of fused-ring (bicyclic) bond motifs is 1. The molecule has 0 fully saturated rings. The third-order valence-corrected chi connectivity index (χ3v) is 6.35. The zero-order chi connectivity index (χ0) is 19.7. The zero-order valence-corrected chi connectivity index (χ0v) is 17.5. The number of carbonyl (C=O) groups is 1. The summed E-state index contributed by atoms with van der Waals surface area (Å²) in [4.78, 5) is 19.5. The van der Waals surface area contributed by atoms with Crippen LogP contribution >= 0.6 is 11.3 Å². The Kier molecular flexibility index (Phi) is 5.31. The first kappa shape index (κ1) is 18.9. The Morgan fingerprint density at radius 3 is 2.79 bits per heavy atom. The first-order chi connectivity index (χ1) is 13.5. The monoisotopic (exact) mass is 394 g/mol. The molecule has 28 heavy (non-hydrogen) atoms. The lowest BCUT2D eigenvalue weighted by atomic mass is 10.0. The van der Waals surface area contributed by atoms with E-state index in [1.54, 1.807) is 11.3 Å². The molecule has 1 aromatic carbocycles. The lowest BCUT2D eigenvalue weighted by Crippen LogP contribution is -2.32. The Bertz CT molecular complexity index is 971. The molecule has 2 aromatic heterocycles. The molecule has 0 aliphatic carbocycles. The van der Waals surface area contributed by atoms with Crippen molar-refractivity contribution in [2.75, 3.05) is 6.54 Å². The van der Waals surface area contributed by atoms with E-state index in [2.05, 4.69) is 43.2 Å². The van der Waals surface area contributed by atoms with Crippen LogP contribution in [0.4, 0.5) is 0 Å². The number of amides is 1. The normalized spacial score (nSPS) is 14.2. The molecule has 0 N–H and O–H groups in total. The van der Waals surface area contributed by atoms with Gasteiger partial charge >= 0.3 is 0 Å². The minimum atomic E-state index is 0.142. The predicted octanol–water partition coefficient (Wildman–Crippen LogP) is 4.18. The number of carbonyl (C=O) groups excluding carboxylic acids is 1. The van der Waals surface area contributed by atoms with E-state index in [0.717, 1.165) is 41.2 Å². The SMILES string of the molecule is CC(C)c1ccc(-c2nc(CC(=O)N3CCCc4c(cnn4C)C3)cs2)cc1. The van der Waals surface area contributed by atoms with Crippen LogP contribution in [0.15, 0.2) is 35.8 Å². The molecule has 0 unspecified atom stereocenters. The lowest BCUT2D eigenvalue weighted by Gasteiger charge is -2.19. The predicted molar refractivity (Wildman–Crippen MR) is 112 cm³/mol. The summed E-state index contributed by atoms with van der Waals surface area (Å²) in [6.07, 6.45) is 4.20. The molecule has 0 saturated carbocycles. The van der Waals surface area contributed by atoms with Gasteiger partial charge in [-0.2, -0.15) is 5.10 Å². The summed E-state index contributed by atoms with van der Waals surface area (Å²) < 4.78 is 1.93. The van der Waals surface area contributed by atoms with Crippen LogP contribution < -0.4 is 0 Å². The number of rotatable bonds is 4. The molecule has 1 aliphatic heterocycles. The molecular weight excluding hydrogens is 368 g/mol. The lowest BCUT2D eigenvalue weighted by molar-refractivity contribution is -0.131. The molecule has 3 aromatic rings. The van der Waals surface area contributed by atoms with Crippen LogP contribution in [0, 0.1) is 0 Å². The average Bonchev–Trinajstić information content (AvgIpc) is 3.21. The van der Waals surface area contributed by atoms with E-state index in [-0.39, 0.29) is 5.91 Å². The molecule has 4 rings (SSSR count). The Hall–Kier alpha value is -2.47. The van der Waals surface area contributed by atoms with E-state index in [1.165, 1.54) is 11.3 Å². The van der Waals surface area contributed by atoms with Gasteiger partial charge in [0.25, 0.3) is 0 Å². The third-order valence-electron chi connectivity index (χ3n) is 5.41. The third kappa shape index (κ3) is 3.87. The van der Waals surface area contributed by atoms with Gasteiger partial charge in [-0.15, -0.1) is 11.3 Å². The molecule has 3 heterocycles. The molecule has 146 valence electrons. The number of aryl methyl sites for hydroxylation is 1. The molecule has 0 radical (unpaired) electrons. The van der Waals surface area contributed by atoms with Crippen molar-refractivity contribution in [3.63, 3.8) is 0 Å². The van der Waals surface area contributed by atoms with E-state index < -0.39 is 0 Å². The minimum Gasteiger partial charge on any atom is -0.338 e. The van der Waals surface area contributed by atoms with E-state index >= 15 is 0 Å². The molecule has 1 amide bonds. The van der Waals surface area contributed by atoms with Crippen molar-refractivity contribution in [3.8, 4) is 10.6 Å². The summed E-state index contributed by atoms with van der Waals surface area (Å²) in [6, 6.07) is 8.57. The second-order valence-electron chi connectivity index (χ2n) is 7.76. The summed E-state index contributed by atoms with van der Waals surface area (Å²) in [5.74, 6) is 0.663. The van der Waals surface area contributed by atoms with Crippen LogP contribution in [-0.4, -0.2) is 32.1 Å². The molecule has 0 bridgehead atoms. The van der Waals surface area contributed by atoms with Crippen molar-refractivity contribution >= 4 is 17.2 Å². The fraction of sp³-hybridized carbons (Fsp3) is 0.409. The van der Waals surface area contributed by atoms with Crippen molar-refractivity contribution in [1.82, 2.24) is 19.7 Å². The van der Waals surface area contributed by atoms with Crippen molar-refractivity contribution < 1.29 is 4.79 Å². The number of nitrogens with zero attached hydrogens (tertiary/aromatic N) is 4. The van der Waals surface area contributed by atoms with Gasteiger partial charge in [0.15, 0.2) is 0 Å². The van der Waals surface area contributed by atoms with Crippen LogP contribution in [0.5, 0.6) is 0 Å². The smallest absolute Gasteiger partial charge is 0.228 e. The summed E-state index contributed by atoms with van der Waals surface area (Å²) >= 11 is 1.61. The number of aromatic nitrogens is 3. The summed E-state index contributed by atoms with van der Waals surface area (Å²) in [7, 11) is 1.97. The van der Waals surface area contributed by atoms with E-state index in [9.17, 15) is 4.79 Å². The Morgan fingerprint density at radius 1 is 1.25 bits per heavy atom. The van der Waals surface area contributed by atoms with Gasteiger partial charge in [0.1, 0.15) is 5.01 Å². The number of thiazole rings is 1. The first-order valence-electron chi connectivity index (χ1n) is 9.83. The summed E-state index contributed by atoms with van der Waals surface area (Å²) in [5.41, 5.74) is 5.71. The molecule has 0 saturated heterocycles. The van der Waals surface area contributed by atoms with Crippen molar-refractivity contribution in [2.24, 2.45) is 7.05 Å². The Morgan fingerprint density at radius 2 is 2.04 bits per heavy atom. The van der Waals surface area contributed by atoms with Gasteiger partial charge in [-0.25, -0.2) is 4.98 Å². The quantitative estimate of drug-likeness (QED) is 0.667. The summed E-state index contributed by atoms with van der Waals surface area (Å²) in [5, 5.41) is 7.33. The molecule has 5 nitrogen and oxygen atoms in total. The number of hydrogen-bond donors (Lipinski definition) is 0. The largest absolute Gasteiger partial charge is 0.338 e. The molecule has 1 aliphatic rings. The standard InChI is InChI=1S/C22H26N4OS/c1-15(2)16-6-8-17(9-7-16)22-24-19(14-28-22)11-21(27)26-10-4-5-20-18(13-26)12-23-25(20)3/h6-9,12,14-15H,4-5,10-11,13H2,1-3H3. The van der Waals surface area contributed by atoms with Gasteiger partial charge in [-0.3, -0.25) is 9.48 Å². The average molecular weight is 395 g/mol. The second-order valence-corrected chi connectivity index (χ2v) is 8.61. The fourth-order valence-electron chi connectivity index (χ4n) is 3.70. The molecule has 0 spiro atoms. The van der Waals surface area contributed by atoms with Gasteiger partial charge in [0.2, 0.25) is 5.91 Å². The summed E-state index contributed by atoms with van der Waals surface area (Å²) in [6.45, 7) is 5.83. The van der Waals surface area contributed by atoms with Crippen molar-refractivity contribution in [1.29, 1.82) is 0 Å². The van der Waals surface area contributed by atoms with Gasteiger partial charge in [0.05, 0.1) is 18.3 Å². The second kappa shape index (κ2) is 7.87. The van der Waals surface area contributed by atoms with Gasteiger partial charge in [-0.05, 0) is 24.3 Å². The van der Waals surface area contributed by atoms with Crippen molar-refractivity contribution in [3.05, 3.63) is 58.4 Å². The topological polar surface area (TPSA) is 51.0 Å². The maximum Gasteiger partial charge on any atom is 0.228 e. The molecule has 6 heteroatoms. The fourth-order valence-corrected chi connectivity index (χ4v) is 4.52. The van der Waals surface area contributed by atoms with E-state index in [4.69, 9.17) is 4.98 Å². The highest BCUT2D eigenvalue weighted by Crippen LogP contribution is 2.26. The van der Waals surface area contributed by atoms with E-state index in [0.29, 0.717) is 18.9 Å². The van der Waals surface area contributed by atoms with Gasteiger partial charge < -0.3 is 4.90 Å². The molecular formula is C22H26N4OS. The van der Waals surface area contributed by atoms with E-state index in [1.807, 2.05) is 28.2 Å². The number of hydrogen-bond acceptors (Lipinski definition) is 4. The highest BCUT2D eigenvalue weighted by Gasteiger charge is 2.22. The highest BCUT2D eigenvalue weighted by atomic mass is 32.1. The number of benzene rings is 1. The molecule has 0 atom stereocenters. The highest BCUT2D eigenvalue weighted by molar-refractivity contribution is 7.13. The van der Waals surface area contributed by atoms with Gasteiger partial charge in [-0.1, -0.05) is 38.1 Å². The van der Waals surface area contributed by atoms with Crippen LogP contribution in [0.2, 0.25) is 0 Å². The van der Waals surface area contributed by atoms with Crippen LogP contribution in [-0.2, 0) is 31.2 Å². The van der Waals surface area contributed by atoms with Gasteiger partial charge in [0, 0.05) is 42.3 Å². The zero-order valence-electron chi connectivity index (χ0n) is 16.7. The van der Waals surface area contributed by atoms with Crippen LogP contribution in [0.3, 0.4) is 0 Å². The van der Waals surface area contributed by atoms with Crippen LogP contribution in [0.25, 0.3) is 10.6 Å². The Balaban J connectivity index is 1.44. The van der Waals surface area contributed by atoms with Crippen LogP contribution in [0.1, 0.15) is 48.7 Å². The Labute approximate surface area is 170 Å². The maximum atomic E-state index is 12.9. The minimum absolute atomic E-state index is 0.142. The first-order valence-corrected chi connectivity index (χ1v) is 10.7. The maximum absolute atomic E-state index is 12.9.